The van der Waals surface area contributed by atoms with Crippen LogP contribution in [-0.4, -0.2) is 55.8 Å². The first-order chi connectivity index (χ1) is 15.1. The minimum absolute atomic E-state index is 0.164. The molecule has 0 spiro atoms. The Labute approximate surface area is 185 Å². The second-order valence-electron chi connectivity index (χ2n) is 6.31. The van der Waals surface area contributed by atoms with Crippen LogP contribution in [0.25, 0.3) is 0 Å². The number of nitrogens with one attached hydrogen (secondary N) is 3. The molecule has 4 N–H and O–H groups in total. The number of carbonyl (C=O) groups is 2. The van der Waals surface area contributed by atoms with Gasteiger partial charge in [-0.3, -0.25) is 9.52 Å². The van der Waals surface area contributed by atoms with Crippen LogP contribution in [0.5, 0.6) is 0 Å². The van der Waals surface area contributed by atoms with Gasteiger partial charge in [-0.1, -0.05) is 6.07 Å². The zero-order valence-corrected chi connectivity index (χ0v) is 17.6. The molecule has 1 fully saturated rings. The third-order valence-electron chi connectivity index (χ3n) is 3.83. The number of carboxylic acid groups (broad SMARTS) is 1. The van der Waals surface area contributed by atoms with Crippen LogP contribution in [0.3, 0.4) is 0 Å². The number of halogens is 6. The van der Waals surface area contributed by atoms with E-state index in [0.717, 1.165) is 30.1 Å². The molecule has 0 bridgehead atoms. The van der Waals surface area contributed by atoms with Crippen molar-refractivity contribution in [3.8, 4) is 0 Å². The lowest BCUT2D eigenvalue weighted by Gasteiger charge is -2.25. The summed E-state index contributed by atoms with van der Waals surface area (Å²) in [6.07, 6.45) is -8.56. The number of benzene rings is 1. The lowest BCUT2D eigenvalue weighted by atomic mass is 10.0. The van der Waals surface area contributed by atoms with Gasteiger partial charge in [0.1, 0.15) is 0 Å². The third kappa shape index (κ3) is 7.57. The molecule has 0 aliphatic carbocycles. The van der Waals surface area contributed by atoms with Crippen molar-refractivity contribution in [2.45, 2.75) is 23.2 Å². The molecule has 182 valence electrons. The first-order valence-electron chi connectivity index (χ1n) is 8.57. The van der Waals surface area contributed by atoms with E-state index in [2.05, 4.69) is 15.0 Å². The highest BCUT2D eigenvalue weighted by atomic mass is 32.2. The van der Waals surface area contributed by atoms with Gasteiger partial charge in [-0.15, -0.1) is 11.3 Å². The number of amides is 1. The number of aromatic nitrogens is 1. The van der Waals surface area contributed by atoms with E-state index in [9.17, 15) is 39.6 Å². The van der Waals surface area contributed by atoms with Gasteiger partial charge in [0, 0.05) is 35.8 Å². The van der Waals surface area contributed by atoms with E-state index in [-0.39, 0.29) is 15.7 Å². The number of anilines is 2. The van der Waals surface area contributed by atoms with Crippen molar-refractivity contribution < 1.29 is 49.5 Å². The van der Waals surface area contributed by atoms with E-state index in [1.54, 1.807) is 11.5 Å². The summed E-state index contributed by atoms with van der Waals surface area (Å²) < 4.78 is 95.8. The van der Waals surface area contributed by atoms with Gasteiger partial charge in [0.25, 0.3) is 10.0 Å². The van der Waals surface area contributed by atoms with Crippen LogP contribution in [0, 0.1) is 0 Å². The molecule has 0 atom stereocenters. The molecule has 1 aliphatic heterocycles. The van der Waals surface area contributed by atoms with Crippen LogP contribution in [-0.2, 0) is 19.6 Å². The molecule has 1 aliphatic rings. The number of aliphatic carboxylic acids is 1. The van der Waals surface area contributed by atoms with Crippen LogP contribution in [0.1, 0.15) is 10.8 Å². The summed E-state index contributed by atoms with van der Waals surface area (Å²) in [6, 6.07) is 4.54. The van der Waals surface area contributed by atoms with Crippen LogP contribution in [0.2, 0.25) is 0 Å². The molecule has 0 saturated carbocycles. The van der Waals surface area contributed by atoms with Crippen molar-refractivity contribution in [2.75, 3.05) is 23.1 Å². The predicted octanol–water partition coefficient (Wildman–Crippen LogP) is 2.76. The average Bonchev–Trinajstić information content (AvgIpc) is 3.06. The maximum atomic E-state index is 12.4. The quantitative estimate of drug-likeness (QED) is 0.445. The molecule has 1 saturated heterocycles. The number of thiazole rings is 1. The van der Waals surface area contributed by atoms with E-state index in [4.69, 9.17) is 9.90 Å². The van der Waals surface area contributed by atoms with Crippen LogP contribution in [0.4, 0.5) is 37.2 Å². The number of rotatable bonds is 5. The highest BCUT2D eigenvalue weighted by Crippen LogP contribution is 2.30. The molecule has 33 heavy (non-hydrogen) atoms. The lowest BCUT2D eigenvalue weighted by Crippen LogP contribution is -2.39. The Balaban J connectivity index is 0.000000479. The summed E-state index contributed by atoms with van der Waals surface area (Å²) in [5, 5.41) is 12.0. The Bertz CT molecular complexity index is 1110. The van der Waals surface area contributed by atoms with Crippen molar-refractivity contribution in [1.82, 2.24) is 10.3 Å². The molecule has 1 amide bonds. The van der Waals surface area contributed by atoms with Crippen molar-refractivity contribution in [2.24, 2.45) is 0 Å². The molecule has 2 heterocycles. The van der Waals surface area contributed by atoms with Crippen LogP contribution < -0.4 is 15.4 Å². The second kappa shape index (κ2) is 9.92. The Morgan fingerprint density at radius 1 is 1.12 bits per heavy atom. The number of carbonyl (C=O) groups excluding carboxylic acids is 1. The molecule has 0 radical (unpaired) electrons. The van der Waals surface area contributed by atoms with Gasteiger partial charge in [-0.2, -0.15) is 26.3 Å². The van der Waals surface area contributed by atoms with E-state index in [0.29, 0.717) is 5.92 Å². The molecule has 1 aromatic heterocycles. The number of hydrogen-bond donors (Lipinski definition) is 4. The Kier molecular flexibility index (Phi) is 7.91. The van der Waals surface area contributed by atoms with Gasteiger partial charge in [-0.05, 0) is 18.2 Å². The Morgan fingerprint density at radius 3 is 2.21 bits per heavy atom. The van der Waals surface area contributed by atoms with Crippen molar-refractivity contribution in [1.29, 1.82) is 0 Å². The summed E-state index contributed by atoms with van der Waals surface area (Å²) in [4.78, 5) is 24.5. The molecule has 2 aromatic rings. The largest absolute Gasteiger partial charge is 0.490 e. The number of carboxylic acids is 1. The lowest BCUT2D eigenvalue weighted by molar-refractivity contribution is -0.192. The summed E-state index contributed by atoms with van der Waals surface area (Å²) >= 11 is 1.20. The Hall–Kier alpha value is -2.92. The zero-order chi connectivity index (χ0) is 25.0. The van der Waals surface area contributed by atoms with Crippen LogP contribution in [0.15, 0.2) is 35.4 Å². The maximum Gasteiger partial charge on any atom is 0.490 e. The fraction of sp³-hybridized carbons (Fsp3) is 0.312. The molecule has 0 unspecified atom stereocenters. The normalized spacial score (nSPS) is 14.5. The predicted molar refractivity (Wildman–Crippen MR) is 103 cm³/mol. The summed E-state index contributed by atoms with van der Waals surface area (Å²) in [5.74, 6) is -4.64. The maximum absolute atomic E-state index is 12.4. The zero-order valence-electron chi connectivity index (χ0n) is 16.0. The van der Waals surface area contributed by atoms with E-state index in [1.165, 1.54) is 23.5 Å². The summed E-state index contributed by atoms with van der Waals surface area (Å²) in [6.45, 7) is 1.60. The van der Waals surface area contributed by atoms with E-state index >= 15 is 0 Å². The second-order valence-corrected chi connectivity index (χ2v) is 9.06. The number of hydrogen-bond acceptors (Lipinski definition) is 7. The molecule has 1 aromatic carbocycles. The summed E-state index contributed by atoms with van der Waals surface area (Å²) in [7, 11) is -4.06. The van der Waals surface area contributed by atoms with E-state index < -0.39 is 34.3 Å². The minimum atomic E-state index is -5.08. The highest BCUT2D eigenvalue weighted by molar-refractivity contribution is 7.93. The van der Waals surface area contributed by atoms with Gasteiger partial charge >= 0.3 is 24.2 Å². The fourth-order valence-electron chi connectivity index (χ4n) is 2.13. The van der Waals surface area contributed by atoms with Crippen molar-refractivity contribution >= 4 is 44.1 Å². The van der Waals surface area contributed by atoms with Gasteiger partial charge in [-0.25, -0.2) is 18.2 Å². The van der Waals surface area contributed by atoms with Crippen LogP contribution >= 0.6 is 11.3 Å². The molecular formula is C16H14F6N4O5S2. The first-order valence-corrected chi connectivity index (χ1v) is 10.9. The number of sulfonamides is 1. The summed E-state index contributed by atoms with van der Waals surface area (Å²) in [5.41, 5.74) is -0.282. The standard InChI is InChI=1S/C14H13F3N4O3S2.C2HF3O2/c15-14(16,17)12(22)20-9-2-1-3-10(4-9)26(23,24)21-13-19-7-11(25-13)8-5-18-6-8;3-2(4,5)1(6)7/h1-4,7-8,18H,5-6H2,(H,19,21)(H,20,22);(H,6,7). The third-order valence-corrected chi connectivity index (χ3v) is 6.37. The molecule has 9 nitrogen and oxygen atoms in total. The van der Waals surface area contributed by atoms with Gasteiger partial charge < -0.3 is 15.7 Å². The number of alkyl halides is 6. The molecule has 3 rings (SSSR count). The van der Waals surface area contributed by atoms with Gasteiger partial charge in [0.2, 0.25) is 0 Å². The van der Waals surface area contributed by atoms with Crippen molar-refractivity contribution in [3.63, 3.8) is 0 Å². The SMILES string of the molecule is O=C(Nc1cccc(S(=O)(=O)Nc2ncc(C3CNC3)s2)c1)C(F)(F)F.O=C(O)C(F)(F)F. The van der Waals surface area contributed by atoms with E-state index in [1.807, 2.05) is 0 Å². The highest BCUT2D eigenvalue weighted by Gasteiger charge is 2.39. The van der Waals surface area contributed by atoms with Gasteiger partial charge in [0.15, 0.2) is 5.13 Å². The Morgan fingerprint density at radius 2 is 1.73 bits per heavy atom. The minimum Gasteiger partial charge on any atom is -0.475 e. The monoisotopic (exact) mass is 520 g/mol. The fourth-order valence-corrected chi connectivity index (χ4v) is 4.33. The first kappa shape index (κ1) is 26.3. The smallest absolute Gasteiger partial charge is 0.475 e. The molecule has 17 heteroatoms. The number of nitrogens with zero attached hydrogens (tertiary/aromatic N) is 1. The average molecular weight is 520 g/mol. The topological polar surface area (TPSA) is 137 Å². The van der Waals surface area contributed by atoms with Gasteiger partial charge in [0.05, 0.1) is 4.90 Å². The molecular weight excluding hydrogens is 506 g/mol. The van der Waals surface area contributed by atoms with Crippen molar-refractivity contribution in [3.05, 3.63) is 35.3 Å².